The summed E-state index contributed by atoms with van der Waals surface area (Å²) in [7, 11) is 0. The van der Waals surface area contributed by atoms with E-state index in [1.165, 1.54) is 0 Å². The number of carbonyl (C=O) groups is 1. The highest BCUT2D eigenvalue weighted by molar-refractivity contribution is 5.96. The summed E-state index contributed by atoms with van der Waals surface area (Å²) in [6, 6.07) is 13.7. The zero-order chi connectivity index (χ0) is 12.4. The predicted molar refractivity (Wildman–Crippen MR) is 70.9 cm³/mol. The van der Waals surface area contributed by atoms with Crippen molar-refractivity contribution < 1.29 is 4.79 Å². The zero-order valence-electron chi connectivity index (χ0n) is 9.84. The van der Waals surface area contributed by atoms with Gasteiger partial charge in [0, 0.05) is 24.8 Å². The average molecular weight is 239 g/mol. The van der Waals surface area contributed by atoms with Crippen molar-refractivity contribution in [3.8, 4) is 0 Å². The second-order valence-corrected chi connectivity index (χ2v) is 4.16. The van der Waals surface area contributed by atoms with Gasteiger partial charge in [0.15, 0.2) is 5.82 Å². The van der Waals surface area contributed by atoms with Crippen LogP contribution in [0.25, 0.3) is 0 Å². The molecule has 4 heteroatoms. The molecule has 90 valence electrons. The first-order valence-electron chi connectivity index (χ1n) is 5.92. The van der Waals surface area contributed by atoms with Crippen LogP contribution in [0.2, 0.25) is 0 Å². The Morgan fingerprint density at radius 1 is 1.11 bits per heavy atom. The third-order valence-corrected chi connectivity index (χ3v) is 2.95. The van der Waals surface area contributed by atoms with E-state index in [1.54, 1.807) is 6.20 Å². The fraction of sp³-hybridized carbons (Fsp3) is 0.143. The van der Waals surface area contributed by atoms with Crippen LogP contribution in [0.1, 0.15) is 6.42 Å². The monoisotopic (exact) mass is 239 g/mol. The lowest BCUT2D eigenvalue weighted by molar-refractivity contribution is -0.115. The SMILES string of the molecule is O=C1CCN(c2ccccc2)c2ncccc2N1. The van der Waals surface area contributed by atoms with Gasteiger partial charge in [0.25, 0.3) is 0 Å². The number of para-hydroxylation sites is 1. The number of hydrogen-bond acceptors (Lipinski definition) is 3. The summed E-state index contributed by atoms with van der Waals surface area (Å²) in [5.74, 6) is 0.831. The van der Waals surface area contributed by atoms with E-state index >= 15 is 0 Å². The number of anilines is 3. The van der Waals surface area contributed by atoms with E-state index in [0.29, 0.717) is 13.0 Å². The summed E-state index contributed by atoms with van der Waals surface area (Å²) >= 11 is 0. The average Bonchev–Trinajstić information content (AvgIpc) is 2.58. The molecule has 0 saturated heterocycles. The number of pyridine rings is 1. The van der Waals surface area contributed by atoms with Gasteiger partial charge in [-0.2, -0.15) is 0 Å². The molecule has 1 N–H and O–H groups in total. The number of nitrogens with one attached hydrogen (secondary N) is 1. The number of fused-ring (bicyclic) bond motifs is 1. The fourth-order valence-corrected chi connectivity index (χ4v) is 2.10. The van der Waals surface area contributed by atoms with Gasteiger partial charge in [-0.05, 0) is 24.3 Å². The molecule has 0 saturated carbocycles. The lowest BCUT2D eigenvalue weighted by Crippen LogP contribution is -2.19. The smallest absolute Gasteiger partial charge is 0.226 e. The molecule has 1 aromatic heterocycles. The third kappa shape index (κ3) is 1.93. The van der Waals surface area contributed by atoms with Crippen LogP contribution in [0.3, 0.4) is 0 Å². The number of carbonyl (C=O) groups excluding carboxylic acids is 1. The van der Waals surface area contributed by atoms with E-state index in [0.717, 1.165) is 17.2 Å². The van der Waals surface area contributed by atoms with Crippen LogP contribution >= 0.6 is 0 Å². The van der Waals surface area contributed by atoms with Crippen molar-refractivity contribution >= 4 is 23.1 Å². The highest BCUT2D eigenvalue weighted by atomic mass is 16.1. The number of amides is 1. The number of hydrogen-bond donors (Lipinski definition) is 1. The first-order valence-corrected chi connectivity index (χ1v) is 5.92. The quantitative estimate of drug-likeness (QED) is 0.831. The molecule has 0 radical (unpaired) electrons. The van der Waals surface area contributed by atoms with Crippen LogP contribution in [-0.2, 0) is 4.79 Å². The number of nitrogens with zero attached hydrogens (tertiary/aromatic N) is 2. The molecule has 0 atom stereocenters. The molecule has 0 unspecified atom stereocenters. The standard InChI is InChI=1S/C14H13N3O/c18-13-8-10-17(11-5-2-1-3-6-11)14-12(16-13)7-4-9-15-14/h1-7,9H,8,10H2,(H,16,18). The van der Waals surface area contributed by atoms with E-state index in [2.05, 4.69) is 15.2 Å². The molecule has 1 aliphatic heterocycles. The fourth-order valence-electron chi connectivity index (χ4n) is 2.10. The zero-order valence-corrected chi connectivity index (χ0v) is 9.84. The van der Waals surface area contributed by atoms with E-state index in [9.17, 15) is 4.79 Å². The molecular formula is C14H13N3O. The summed E-state index contributed by atoms with van der Waals surface area (Å²) in [4.78, 5) is 18.1. The van der Waals surface area contributed by atoms with Crippen LogP contribution in [0, 0.1) is 0 Å². The van der Waals surface area contributed by atoms with Crippen molar-refractivity contribution in [2.24, 2.45) is 0 Å². The minimum absolute atomic E-state index is 0.0303. The minimum Gasteiger partial charge on any atom is -0.324 e. The maximum atomic E-state index is 11.7. The van der Waals surface area contributed by atoms with Crippen molar-refractivity contribution in [2.75, 3.05) is 16.8 Å². The Labute approximate surface area is 105 Å². The van der Waals surface area contributed by atoms with Crippen LogP contribution < -0.4 is 10.2 Å². The lowest BCUT2D eigenvalue weighted by Gasteiger charge is -2.22. The van der Waals surface area contributed by atoms with E-state index in [-0.39, 0.29) is 5.91 Å². The summed E-state index contributed by atoms with van der Waals surface area (Å²) in [6.45, 7) is 0.639. The molecule has 4 nitrogen and oxygen atoms in total. The number of aromatic nitrogens is 1. The van der Waals surface area contributed by atoms with Gasteiger partial charge in [0.05, 0.1) is 5.69 Å². The molecule has 1 aromatic carbocycles. The lowest BCUT2D eigenvalue weighted by atomic mass is 10.2. The predicted octanol–water partition coefficient (Wildman–Crippen LogP) is 2.56. The van der Waals surface area contributed by atoms with Gasteiger partial charge in [-0.15, -0.1) is 0 Å². The Morgan fingerprint density at radius 2 is 1.94 bits per heavy atom. The van der Waals surface area contributed by atoms with E-state index in [4.69, 9.17) is 0 Å². The molecule has 18 heavy (non-hydrogen) atoms. The maximum Gasteiger partial charge on any atom is 0.226 e. The molecular weight excluding hydrogens is 226 g/mol. The second kappa shape index (κ2) is 4.49. The van der Waals surface area contributed by atoms with Crippen molar-refractivity contribution in [2.45, 2.75) is 6.42 Å². The normalized spacial score (nSPS) is 14.7. The van der Waals surface area contributed by atoms with Crippen molar-refractivity contribution in [1.82, 2.24) is 4.98 Å². The van der Waals surface area contributed by atoms with Crippen LogP contribution in [0.15, 0.2) is 48.7 Å². The Hall–Kier alpha value is -2.36. The second-order valence-electron chi connectivity index (χ2n) is 4.16. The summed E-state index contributed by atoms with van der Waals surface area (Å²) in [5.41, 5.74) is 1.82. The molecule has 1 aliphatic rings. The highest BCUT2D eigenvalue weighted by Gasteiger charge is 2.20. The van der Waals surface area contributed by atoms with E-state index in [1.807, 2.05) is 42.5 Å². The molecule has 0 fully saturated rings. The number of benzene rings is 1. The summed E-state index contributed by atoms with van der Waals surface area (Å²) in [6.07, 6.45) is 2.21. The van der Waals surface area contributed by atoms with Gasteiger partial charge in [-0.25, -0.2) is 4.98 Å². The molecule has 0 bridgehead atoms. The molecule has 1 amide bonds. The Morgan fingerprint density at radius 3 is 2.78 bits per heavy atom. The van der Waals surface area contributed by atoms with Crippen LogP contribution in [0.4, 0.5) is 17.2 Å². The van der Waals surface area contributed by atoms with Crippen molar-refractivity contribution in [3.05, 3.63) is 48.7 Å². The van der Waals surface area contributed by atoms with Gasteiger partial charge in [-0.1, -0.05) is 18.2 Å². The molecule has 2 aromatic rings. The van der Waals surface area contributed by atoms with E-state index < -0.39 is 0 Å². The van der Waals surface area contributed by atoms with Crippen molar-refractivity contribution in [1.29, 1.82) is 0 Å². The van der Waals surface area contributed by atoms with Crippen LogP contribution in [-0.4, -0.2) is 17.4 Å². The highest BCUT2D eigenvalue weighted by Crippen LogP contribution is 2.31. The largest absolute Gasteiger partial charge is 0.324 e. The van der Waals surface area contributed by atoms with Gasteiger partial charge in [-0.3, -0.25) is 4.79 Å². The Bertz CT molecular complexity index is 568. The molecule has 0 aliphatic carbocycles. The summed E-state index contributed by atoms with van der Waals surface area (Å²) in [5, 5.41) is 2.88. The summed E-state index contributed by atoms with van der Waals surface area (Å²) < 4.78 is 0. The van der Waals surface area contributed by atoms with Gasteiger partial charge in [0.2, 0.25) is 5.91 Å². The molecule has 3 rings (SSSR count). The first kappa shape index (κ1) is 10.8. The topological polar surface area (TPSA) is 45.2 Å². The van der Waals surface area contributed by atoms with Crippen molar-refractivity contribution in [3.63, 3.8) is 0 Å². The minimum atomic E-state index is 0.0303. The van der Waals surface area contributed by atoms with Gasteiger partial charge in [0.1, 0.15) is 0 Å². The van der Waals surface area contributed by atoms with Gasteiger partial charge >= 0.3 is 0 Å². The first-order chi connectivity index (χ1) is 8.84. The molecule has 2 heterocycles. The Kier molecular flexibility index (Phi) is 2.68. The molecule has 0 spiro atoms. The maximum absolute atomic E-state index is 11.7. The Balaban J connectivity index is 2.08. The third-order valence-electron chi connectivity index (χ3n) is 2.95. The number of rotatable bonds is 1. The van der Waals surface area contributed by atoms with Crippen LogP contribution in [0.5, 0.6) is 0 Å². The van der Waals surface area contributed by atoms with Gasteiger partial charge < -0.3 is 10.2 Å².